The van der Waals surface area contributed by atoms with E-state index in [9.17, 15) is 9.59 Å². The van der Waals surface area contributed by atoms with E-state index in [-0.39, 0.29) is 30.3 Å². The molecule has 34 heavy (non-hydrogen) atoms. The number of hydrogen-bond acceptors (Lipinski definition) is 2. The number of nitrogens with one attached hydrogen (secondary N) is 2. The van der Waals surface area contributed by atoms with E-state index < -0.39 is 0 Å². The number of benzene rings is 3. The molecule has 5 nitrogen and oxygen atoms in total. The quantitative estimate of drug-likeness (QED) is 0.427. The van der Waals surface area contributed by atoms with Gasteiger partial charge in [0.2, 0.25) is 5.91 Å². The molecule has 3 aromatic rings. The molecule has 0 spiro atoms. The normalized spacial score (nSPS) is 15.0. The summed E-state index contributed by atoms with van der Waals surface area (Å²) in [5.41, 5.74) is 3.99. The van der Waals surface area contributed by atoms with E-state index >= 15 is 0 Å². The van der Waals surface area contributed by atoms with Crippen molar-refractivity contribution < 1.29 is 9.59 Å². The zero-order valence-corrected chi connectivity index (χ0v) is 20.4. The van der Waals surface area contributed by atoms with Gasteiger partial charge in [0.05, 0.1) is 6.42 Å². The first-order valence-electron chi connectivity index (χ1n) is 11.3. The van der Waals surface area contributed by atoms with E-state index in [1.165, 1.54) is 0 Å². The molecule has 2 atom stereocenters. The summed E-state index contributed by atoms with van der Waals surface area (Å²) in [5.74, 6) is 0.0210. The lowest BCUT2D eigenvalue weighted by atomic mass is 9.86. The monoisotopic (exact) mass is 495 g/mol. The summed E-state index contributed by atoms with van der Waals surface area (Å²) < 4.78 is 0. The van der Waals surface area contributed by atoms with Gasteiger partial charge in [0, 0.05) is 40.8 Å². The van der Waals surface area contributed by atoms with Crippen molar-refractivity contribution in [3.05, 3.63) is 99.5 Å². The zero-order valence-electron chi connectivity index (χ0n) is 18.9. The maximum atomic E-state index is 12.9. The molecule has 1 aliphatic rings. The van der Waals surface area contributed by atoms with Crippen LogP contribution in [0.1, 0.15) is 29.5 Å². The maximum absolute atomic E-state index is 12.9. The fraction of sp³-hybridized carbons (Fsp3) is 0.259. The molecule has 0 bridgehead atoms. The van der Waals surface area contributed by atoms with Crippen molar-refractivity contribution in [3.8, 4) is 0 Å². The van der Waals surface area contributed by atoms with Crippen LogP contribution in [0.5, 0.6) is 0 Å². The summed E-state index contributed by atoms with van der Waals surface area (Å²) in [4.78, 5) is 26.4. The van der Waals surface area contributed by atoms with Crippen molar-refractivity contribution in [3.63, 3.8) is 0 Å². The predicted molar refractivity (Wildman–Crippen MR) is 138 cm³/mol. The summed E-state index contributed by atoms with van der Waals surface area (Å²) in [7, 11) is 0. The number of carbonyl (C=O) groups is 2. The zero-order chi connectivity index (χ0) is 24.1. The molecule has 0 radical (unpaired) electrons. The van der Waals surface area contributed by atoms with Gasteiger partial charge < -0.3 is 10.6 Å². The fourth-order valence-corrected chi connectivity index (χ4v) is 4.52. The molecule has 4 rings (SSSR count). The van der Waals surface area contributed by atoms with E-state index in [1.54, 1.807) is 4.90 Å². The summed E-state index contributed by atoms with van der Waals surface area (Å²) in [5, 5.41) is 7.35. The third kappa shape index (κ3) is 6.10. The van der Waals surface area contributed by atoms with Crippen molar-refractivity contribution in [2.45, 2.75) is 31.7 Å². The third-order valence-corrected chi connectivity index (χ3v) is 6.63. The number of amides is 3. The third-order valence-electron chi connectivity index (χ3n) is 6.13. The highest BCUT2D eigenvalue weighted by Crippen LogP contribution is 2.27. The average molecular weight is 496 g/mol. The second-order valence-electron chi connectivity index (χ2n) is 8.57. The van der Waals surface area contributed by atoms with E-state index in [0.29, 0.717) is 23.1 Å². The Kier molecular flexibility index (Phi) is 7.76. The van der Waals surface area contributed by atoms with E-state index in [0.717, 1.165) is 28.8 Å². The molecule has 0 saturated carbocycles. The molecule has 176 valence electrons. The number of halogens is 2. The van der Waals surface area contributed by atoms with Crippen molar-refractivity contribution in [2.75, 3.05) is 18.0 Å². The molecule has 3 amide bonds. The van der Waals surface area contributed by atoms with Gasteiger partial charge in [-0.1, -0.05) is 59.6 Å². The van der Waals surface area contributed by atoms with Gasteiger partial charge in [-0.25, -0.2) is 4.79 Å². The number of urea groups is 1. The first kappa shape index (κ1) is 24.1. The average Bonchev–Trinajstić information content (AvgIpc) is 3.25. The van der Waals surface area contributed by atoms with Gasteiger partial charge in [0.15, 0.2) is 0 Å². The minimum absolute atomic E-state index is 0.0470. The Hall–Kier alpha value is -3.02. The molecule has 2 N–H and O–H groups in total. The summed E-state index contributed by atoms with van der Waals surface area (Å²) >= 11 is 12.1. The topological polar surface area (TPSA) is 61.4 Å². The molecule has 2 unspecified atom stereocenters. The van der Waals surface area contributed by atoms with E-state index in [1.807, 2.05) is 79.7 Å². The van der Waals surface area contributed by atoms with E-state index in [2.05, 4.69) is 10.6 Å². The summed E-state index contributed by atoms with van der Waals surface area (Å²) in [6.45, 7) is 3.32. The Morgan fingerprint density at radius 3 is 2.12 bits per heavy atom. The lowest BCUT2D eigenvalue weighted by Crippen LogP contribution is -2.38. The Bertz CT molecular complexity index is 1130. The molecule has 1 aliphatic heterocycles. The molecule has 1 fully saturated rings. The molecule has 7 heteroatoms. The fourth-order valence-electron chi connectivity index (χ4n) is 4.27. The molecule has 1 saturated heterocycles. The van der Waals surface area contributed by atoms with Crippen LogP contribution in [0.15, 0.2) is 72.8 Å². The maximum Gasteiger partial charge on any atom is 0.321 e. The Labute approximate surface area is 210 Å². The van der Waals surface area contributed by atoms with Gasteiger partial charge in [-0.3, -0.25) is 9.69 Å². The smallest absolute Gasteiger partial charge is 0.321 e. The molecule has 1 heterocycles. The largest absolute Gasteiger partial charge is 0.353 e. The number of anilines is 1. The SMILES string of the molecule is CC(NC(=O)Cc1ccc(N2CCNC2=O)cc1)C(Cc1ccc(Cl)cc1)c1ccc(Cl)cc1. The van der Waals surface area contributed by atoms with Gasteiger partial charge in [0.25, 0.3) is 0 Å². The van der Waals surface area contributed by atoms with Crippen LogP contribution in [-0.2, 0) is 17.6 Å². The molecule has 0 aliphatic carbocycles. The highest BCUT2D eigenvalue weighted by Gasteiger charge is 2.23. The first-order valence-corrected chi connectivity index (χ1v) is 12.1. The van der Waals surface area contributed by atoms with E-state index in [4.69, 9.17) is 23.2 Å². The van der Waals surface area contributed by atoms with Crippen molar-refractivity contribution >= 4 is 40.8 Å². The number of hydrogen-bond donors (Lipinski definition) is 2. The van der Waals surface area contributed by atoms with Crippen LogP contribution in [0, 0.1) is 0 Å². The summed E-state index contributed by atoms with van der Waals surface area (Å²) in [6, 6.07) is 23.0. The number of nitrogens with zero attached hydrogens (tertiary/aromatic N) is 1. The van der Waals surface area contributed by atoms with Gasteiger partial charge >= 0.3 is 6.03 Å². The minimum Gasteiger partial charge on any atom is -0.353 e. The van der Waals surface area contributed by atoms with Gasteiger partial charge in [0.1, 0.15) is 0 Å². The lowest BCUT2D eigenvalue weighted by Gasteiger charge is -2.26. The second kappa shape index (κ2) is 10.9. The van der Waals surface area contributed by atoms with Crippen molar-refractivity contribution in [1.29, 1.82) is 0 Å². The highest BCUT2D eigenvalue weighted by atomic mass is 35.5. The first-order chi connectivity index (χ1) is 16.4. The van der Waals surface area contributed by atoms with Crippen LogP contribution < -0.4 is 15.5 Å². The minimum atomic E-state index is -0.100. The molecular formula is C27H27Cl2N3O2. The Morgan fingerprint density at radius 1 is 0.941 bits per heavy atom. The van der Waals surface area contributed by atoms with Crippen LogP contribution >= 0.6 is 23.2 Å². The number of rotatable bonds is 8. The van der Waals surface area contributed by atoms with Crippen molar-refractivity contribution in [2.24, 2.45) is 0 Å². The Balaban J connectivity index is 1.43. The van der Waals surface area contributed by atoms with Gasteiger partial charge in [-0.05, 0) is 66.4 Å². The van der Waals surface area contributed by atoms with Crippen LogP contribution in [0.4, 0.5) is 10.5 Å². The van der Waals surface area contributed by atoms with Gasteiger partial charge in [-0.2, -0.15) is 0 Å². The predicted octanol–water partition coefficient (Wildman–Crippen LogP) is 5.60. The lowest BCUT2D eigenvalue weighted by molar-refractivity contribution is -0.121. The van der Waals surface area contributed by atoms with Crippen LogP contribution in [-0.4, -0.2) is 31.1 Å². The van der Waals surface area contributed by atoms with Crippen molar-refractivity contribution in [1.82, 2.24) is 10.6 Å². The Morgan fingerprint density at radius 2 is 1.53 bits per heavy atom. The molecular weight excluding hydrogens is 469 g/mol. The summed E-state index contributed by atoms with van der Waals surface area (Å²) in [6.07, 6.45) is 1.03. The van der Waals surface area contributed by atoms with Crippen LogP contribution in [0.25, 0.3) is 0 Å². The van der Waals surface area contributed by atoms with Crippen LogP contribution in [0.3, 0.4) is 0 Å². The highest BCUT2D eigenvalue weighted by molar-refractivity contribution is 6.30. The van der Waals surface area contributed by atoms with Gasteiger partial charge in [-0.15, -0.1) is 0 Å². The number of carbonyl (C=O) groups excluding carboxylic acids is 2. The standard InChI is InChI=1S/C27H27Cl2N3O2/c1-18(25(21-6-10-23(29)11-7-21)16-19-2-8-22(28)9-3-19)31-26(33)17-20-4-12-24(13-5-20)32-15-14-30-27(32)34/h2-13,18,25H,14-17H2,1H3,(H,30,34)(H,31,33). The second-order valence-corrected chi connectivity index (χ2v) is 9.44. The van der Waals surface area contributed by atoms with Crippen LogP contribution in [0.2, 0.25) is 10.0 Å². The molecule has 0 aromatic heterocycles. The molecule has 3 aromatic carbocycles.